The number of amides is 1. The lowest BCUT2D eigenvalue weighted by molar-refractivity contribution is -0.117. The average molecular weight is 365 g/mol. The van der Waals surface area contributed by atoms with Crippen LogP contribution in [0.3, 0.4) is 0 Å². The van der Waals surface area contributed by atoms with Gasteiger partial charge in [-0.25, -0.2) is 4.79 Å². The number of nitrogens with one attached hydrogen (secondary N) is 1. The Morgan fingerprint density at radius 1 is 1.24 bits per heavy atom. The molecule has 0 radical (unpaired) electrons. The standard InChI is InChI=1S/C19H28N2O3S/c1-13-7-8-14-15(11-13)25-18(17(14)19(23)24-2)20-16(22)12-21-9-5-3-4-6-10-21/h13H,3-12H2,1-2H3,(H,20,22)/t13-/m0/s1. The van der Waals surface area contributed by atoms with Crippen molar-refractivity contribution in [2.24, 2.45) is 5.92 Å². The molecule has 0 bridgehead atoms. The number of rotatable bonds is 4. The van der Waals surface area contributed by atoms with E-state index in [4.69, 9.17) is 4.74 Å². The number of hydrogen-bond acceptors (Lipinski definition) is 5. The summed E-state index contributed by atoms with van der Waals surface area (Å²) in [4.78, 5) is 28.3. The molecular weight excluding hydrogens is 336 g/mol. The van der Waals surface area contributed by atoms with Crippen LogP contribution in [0.1, 0.15) is 59.8 Å². The fourth-order valence-corrected chi connectivity index (χ4v) is 5.24. The quantitative estimate of drug-likeness (QED) is 0.831. The molecule has 25 heavy (non-hydrogen) atoms. The molecule has 1 saturated heterocycles. The van der Waals surface area contributed by atoms with Crippen molar-refractivity contribution in [3.05, 3.63) is 16.0 Å². The smallest absolute Gasteiger partial charge is 0.341 e. The summed E-state index contributed by atoms with van der Waals surface area (Å²) in [6, 6.07) is 0. The largest absolute Gasteiger partial charge is 0.465 e. The third kappa shape index (κ3) is 4.42. The number of anilines is 1. The zero-order valence-electron chi connectivity index (χ0n) is 15.2. The molecule has 1 aliphatic heterocycles. The van der Waals surface area contributed by atoms with Crippen molar-refractivity contribution in [1.82, 2.24) is 4.90 Å². The van der Waals surface area contributed by atoms with Crippen LogP contribution < -0.4 is 5.32 Å². The lowest BCUT2D eigenvalue weighted by atomic mass is 9.88. The van der Waals surface area contributed by atoms with E-state index in [1.165, 1.54) is 24.8 Å². The maximum Gasteiger partial charge on any atom is 0.341 e. The minimum Gasteiger partial charge on any atom is -0.465 e. The van der Waals surface area contributed by atoms with Crippen LogP contribution in [0.5, 0.6) is 0 Å². The molecule has 1 aromatic rings. The van der Waals surface area contributed by atoms with Crippen molar-refractivity contribution in [3.63, 3.8) is 0 Å². The molecule has 6 heteroatoms. The number of ether oxygens (including phenoxy) is 1. The van der Waals surface area contributed by atoms with Gasteiger partial charge in [0, 0.05) is 4.88 Å². The van der Waals surface area contributed by atoms with Crippen molar-refractivity contribution in [2.45, 2.75) is 51.9 Å². The van der Waals surface area contributed by atoms with E-state index in [0.29, 0.717) is 23.0 Å². The van der Waals surface area contributed by atoms with E-state index in [9.17, 15) is 9.59 Å². The van der Waals surface area contributed by atoms with Gasteiger partial charge in [-0.1, -0.05) is 19.8 Å². The highest BCUT2D eigenvalue weighted by Gasteiger charge is 2.29. The van der Waals surface area contributed by atoms with Crippen LogP contribution in [0.2, 0.25) is 0 Å². The first-order valence-electron chi connectivity index (χ1n) is 9.33. The molecule has 0 unspecified atom stereocenters. The van der Waals surface area contributed by atoms with Gasteiger partial charge in [0.25, 0.3) is 0 Å². The molecule has 2 aliphatic rings. The van der Waals surface area contributed by atoms with Gasteiger partial charge in [-0.3, -0.25) is 9.69 Å². The molecule has 138 valence electrons. The second-order valence-electron chi connectivity index (χ2n) is 7.29. The van der Waals surface area contributed by atoms with Crippen molar-refractivity contribution in [1.29, 1.82) is 0 Å². The Morgan fingerprint density at radius 2 is 1.96 bits per heavy atom. The maximum absolute atomic E-state index is 12.5. The molecule has 1 atom stereocenters. The Bertz CT molecular complexity index is 633. The Morgan fingerprint density at radius 3 is 2.64 bits per heavy atom. The van der Waals surface area contributed by atoms with Crippen LogP contribution in [0.25, 0.3) is 0 Å². The highest BCUT2D eigenvalue weighted by molar-refractivity contribution is 7.17. The fraction of sp³-hybridized carbons (Fsp3) is 0.684. The van der Waals surface area contributed by atoms with Gasteiger partial charge in [0.05, 0.1) is 19.2 Å². The second kappa shape index (κ2) is 8.32. The molecule has 1 aromatic heterocycles. The topological polar surface area (TPSA) is 58.6 Å². The molecule has 0 spiro atoms. The number of esters is 1. The first-order valence-corrected chi connectivity index (χ1v) is 10.1. The normalized spacial score (nSPS) is 21.3. The maximum atomic E-state index is 12.5. The molecule has 5 nitrogen and oxygen atoms in total. The minimum atomic E-state index is -0.336. The number of nitrogens with zero attached hydrogens (tertiary/aromatic N) is 1. The monoisotopic (exact) mass is 364 g/mol. The highest BCUT2D eigenvalue weighted by Crippen LogP contribution is 2.40. The number of hydrogen-bond donors (Lipinski definition) is 1. The second-order valence-corrected chi connectivity index (χ2v) is 8.39. The van der Waals surface area contributed by atoms with Gasteiger partial charge in [-0.05, 0) is 56.7 Å². The van der Waals surface area contributed by atoms with Crippen LogP contribution >= 0.6 is 11.3 Å². The number of carbonyl (C=O) groups is 2. The Labute approximate surface area is 153 Å². The van der Waals surface area contributed by atoms with Gasteiger partial charge in [0.1, 0.15) is 5.00 Å². The zero-order chi connectivity index (χ0) is 17.8. The lowest BCUT2D eigenvalue weighted by Crippen LogP contribution is -2.34. The molecule has 2 heterocycles. The van der Waals surface area contributed by atoms with Gasteiger partial charge in [-0.2, -0.15) is 0 Å². The van der Waals surface area contributed by atoms with Crippen molar-refractivity contribution < 1.29 is 14.3 Å². The number of likely N-dealkylation sites (tertiary alicyclic amines) is 1. The third-order valence-corrected chi connectivity index (χ3v) is 6.39. The minimum absolute atomic E-state index is 0.0290. The van der Waals surface area contributed by atoms with Crippen LogP contribution in [0, 0.1) is 5.92 Å². The van der Waals surface area contributed by atoms with Crippen molar-refractivity contribution in [2.75, 3.05) is 32.1 Å². The first kappa shape index (κ1) is 18.4. The van der Waals surface area contributed by atoms with Gasteiger partial charge in [-0.15, -0.1) is 11.3 Å². The molecule has 1 fully saturated rings. The van der Waals surface area contributed by atoms with Crippen molar-refractivity contribution >= 4 is 28.2 Å². The number of fused-ring (bicyclic) bond motifs is 1. The fourth-order valence-electron chi connectivity index (χ4n) is 3.82. The summed E-state index contributed by atoms with van der Waals surface area (Å²) in [6.07, 6.45) is 7.76. The van der Waals surface area contributed by atoms with Gasteiger partial charge >= 0.3 is 5.97 Å². The Balaban J connectivity index is 1.74. The third-order valence-electron chi connectivity index (χ3n) is 5.22. The number of thiophene rings is 1. The van der Waals surface area contributed by atoms with E-state index in [1.54, 1.807) is 11.3 Å². The van der Waals surface area contributed by atoms with Crippen LogP contribution in [-0.4, -0.2) is 43.5 Å². The average Bonchev–Trinajstić information content (AvgIpc) is 2.75. The van der Waals surface area contributed by atoms with E-state index in [0.717, 1.165) is 50.8 Å². The summed E-state index contributed by atoms with van der Waals surface area (Å²) >= 11 is 1.55. The molecule has 0 saturated carbocycles. The van der Waals surface area contributed by atoms with E-state index >= 15 is 0 Å². The molecule has 1 amide bonds. The summed E-state index contributed by atoms with van der Waals surface area (Å²) < 4.78 is 4.98. The first-order chi connectivity index (χ1) is 12.1. The summed E-state index contributed by atoms with van der Waals surface area (Å²) in [6.45, 7) is 4.60. The Kier molecular flexibility index (Phi) is 6.12. The molecule has 0 aromatic carbocycles. The summed E-state index contributed by atoms with van der Waals surface area (Å²) in [7, 11) is 1.40. The number of methoxy groups -OCH3 is 1. The van der Waals surface area contributed by atoms with Crippen LogP contribution in [0.15, 0.2) is 0 Å². The van der Waals surface area contributed by atoms with Gasteiger partial charge in [0.15, 0.2) is 0 Å². The zero-order valence-corrected chi connectivity index (χ0v) is 16.0. The van der Waals surface area contributed by atoms with Gasteiger partial charge < -0.3 is 10.1 Å². The van der Waals surface area contributed by atoms with Crippen LogP contribution in [0.4, 0.5) is 5.00 Å². The lowest BCUT2D eigenvalue weighted by Gasteiger charge is -2.19. The summed E-state index contributed by atoms with van der Waals surface area (Å²) in [5, 5.41) is 3.67. The van der Waals surface area contributed by atoms with E-state index in [1.807, 2.05) is 0 Å². The SMILES string of the molecule is COC(=O)c1c(NC(=O)CN2CCCCCC2)sc2c1CC[C@H](C)C2. The van der Waals surface area contributed by atoms with E-state index in [-0.39, 0.29) is 11.9 Å². The molecule has 1 aliphatic carbocycles. The van der Waals surface area contributed by atoms with Crippen LogP contribution in [-0.2, 0) is 22.4 Å². The summed E-state index contributed by atoms with van der Waals surface area (Å²) in [5.41, 5.74) is 1.67. The Hall–Kier alpha value is -1.40. The molecule has 1 N–H and O–H groups in total. The highest BCUT2D eigenvalue weighted by atomic mass is 32.1. The predicted molar refractivity (Wildman–Crippen MR) is 100 cm³/mol. The van der Waals surface area contributed by atoms with Crippen molar-refractivity contribution in [3.8, 4) is 0 Å². The molecular formula is C19H28N2O3S. The molecule has 3 rings (SSSR count). The summed E-state index contributed by atoms with van der Waals surface area (Å²) in [5.74, 6) is 0.258. The van der Waals surface area contributed by atoms with Gasteiger partial charge in [0.2, 0.25) is 5.91 Å². The number of carbonyl (C=O) groups excluding carboxylic acids is 2. The predicted octanol–water partition coefficient (Wildman–Crippen LogP) is 3.47. The van der Waals surface area contributed by atoms with E-state index < -0.39 is 0 Å². The van der Waals surface area contributed by atoms with E-state index in [2.05, 4.69) is 17.1 Å².